The van der Waals surface area contributed by atoms with Gasteiger partial charge < -0.3 is 20.3 Å². The number of nitrogens with one attached hydrogen (secondary N) is 2. The SMILES string of the molecule is CCCNc1ncnc(N2CCNC(=O)C2(C)C)c1OC. The highest BCUT2D eigenvalue weighted by Gasteiger charge is 2.40. The number of nitrogens with zero attached hydrogens (tertiary/aromatic N) is 3. The van der Waals surface area contributed by atoms with Crippen LogP contribution >= 0.6 is 0 Å². The number of rotatable bonds is 5. The van der Waals surface area contributed by atoms with Crippen molar-refractivity contribution in [3.05, 3.63) is 6.33 Å². The molecular formula is C14H23N5O2. The lowest BCUT2D eigenvalue weighted by atomic mass is 9.99. The zero-order chi connectivity index (χ0) is 15.5. The lowest BCUT2D eigenvalue weighted by Gasteiger charge is -2.42. The van der Waals surface area contributed by atoms with Gasteiger partial charge >= 0.3 is 0 Å². The molecule has 2 rings (SSSR count). The van der Waals surface area contributed by atoms with Crippen molar-refractivity contribution in [1.82, 2.24) is 15.3 Å². The molecule has 0 unspecified atom stereocenters. The van der Waals surface area contributed by atoms with E-state index in [1.807, 2.05) is 18.7 Å². The zero-order valence-electron chi connectivity index (χ0n) is 13.1. The van der Waals surface area contributed by atoms with E-state index in [4.69, 9.17) is 4.74 Å². The molecule has 1 aromatic rings. The maximum Gasteiger partial charge on any atom is 0.245 e. The Kier molecular flexibility index (Phi) is 4.50. The summed E-state index contributed by atoms with van der Waals surface area (Å²) in [6, 6.07) is 0. The molecule has 1 aliphatic rings. The molecule has 0 aliphatic carbocycles. The number of ether oxygens (including phenoxy) is 1. The van der Waals surface area contributed by atoms with E-state index in [0.29, 0.717) is 30.5 Å². The average molecular weight is 293 g/mol. The normalized spacial score (nSPS) is 17.3. The van der Waals surface area contributed by atoms with Crippen LogP contribution in [0.4, 0.5) is 11.6 Å². The van der Waals surface area contributed by atoms with E-state index in [0.717, 1.165) is 13.0 Å². The first-order valence-electron chi connectivity index (χ1n) is 7.21. The predicted molar refractivity (Wildman–Crippen MR) is 81.8 cm³/mol. The number of hydrogen-bond donors (Lipinski definition) is 2. The minimum Gasteiger partial charge on any atom is -0.490 e. The van der Waals surface area contributed by atoms with Crippen molar-refractivity contribution in [3.8, 4) is 5.75 Å². The van der Waals surface area contributed by atoms with Gasteiger partial charge in [0.05, 0.1) is 7.11 Å². The molecule has 1 aromatic heterocycles. The lowest BCUT2D eigenvalue weighted by molar-refractivity contribution is -0.126. The fourth-order valence-electron chi connectivity index (χ4n) is 2.38. The van der Waals surface area contributed by atoms with Crippen LogP contribution in [-0.2, 0) is 4.79 Å². The summed E-state index contributed by atoms with van der Waals surface area (Å²) in [7, 11) is 1.59. The van der Waals surface area contributed by atoms with Gasteiger partial charge in [0, 0.05) is 19.6 Å². The summed E-state index contributed by atoms with van der Waals surface area (Å²) >= 11 is 0. The summed E-state index contributed by atoms with van der Waals surface area (Å²) in [5, 5.41) is 6.11. The maximum absolute atomic E-state index is 12.1. The van der Waals surface area contributed by atoms with Gasteiger partial charge in [0.15, 0.2) is 11.6 Å². The van der Waals surface area contributed by atoms with Crippen molar-refractivity contribution >= 4 is 17.5 Å². The first-order valence-corrected chi connectivity index (χ1v) is 7.21. The van der Waals surface area contributed by atoms with Gasteiger partial charge in [-0.2, -0.15) is 0 Å². The first-order chi connectivity index (χ1) is 10.0. The molecule has 2 N–H and O–H groups in total. The van der Waals surface area contributed by atoms with E-state index in [9.17, 15) is 4.79 Å². The van der Waals surface area contributed by atoms with Gasteiger partial charge in [0.1, 0.15) is 11.9 Å². The highest BCUT2D eigenvalue weighted by atomic mass is 16.5. The Morgan fingerprint density at radius 1 is 1.48 bits per heavy atom. The van der Waals surface area contributed by atoms with Gasteiger partial charge in [-0.1, -0.05) is 6.92 Å². The molecule has 0 spiro atoms. The summed E-state index contributed by atoms with van der Waals surface area (Å²) < 4.78 is 5.49. The molecule has 0 radical (unpaired) electrons. The number of piperazine rings is 1. The molecule has 1 aliphatic heterocycles. The monoisotopic (exact) mass is 293 g/mol. The Balaban J connectivity index is 2.40. The summed E-state index contributed by atoms with van der Waals surface area (Å²) in [6.45, 7) is 7.91. The number of hydrogen-bond acceptors (Lipinski definition) is 6. The van der Waals surface area contributed by atoms with Gasteiger partial charge in [0.25, 0.3) is 0 Å². The average Bonchev–Trinajstić information content (AvgIpc) is 2.47. The van der Waals surface area contributed by atoms with Gasteiger partial charge in [-0.15, -0.1) is 0 Å². The molecule has 7 nitrogen and oxygen atoms in total. The van der Waals surface area contributed by atoms with E-state index in [-0.39, 0.29) is 5.91 Å². The van der Waals surface area contributed by atoms with Gasteiger partial charge in [-0.3, -0.25) is 4.79 Å². The first kappa shape index (κ1) is 15.3. The maximum atomic E-state index is 12.1. The van der Waals surface area contributed by atoms with Crippen LogP contribution in [-0.4, -0.2) is 48.2 Å². The third kappa shape index (κ3) is 2.86. The molecule has 7 heteroatoms. The molecule has 1 fully saturated rings. The topological polar surface area (TPSA) is 79.4 Å². The number of carbonyl (C=O) groups excluding carboxylic acids is 1. The van der Waals surface area contributed by atoms with E-state index >= 15 is 0 Å². The van der Waals surface area contributed by atoms with Crippen LogP contribution in [0.5, 0.6) is 5.75 Å². The van der Waals surface area contributed by atoms with Crippen LogP contribution in [0, 0.1) is 0 Å². The van der Waals surface area contributed by atoms with E-state index in [1.165, 1.54) is 6.33 Å². The van der Waals surface area contributed by atoms with Crippen LogP contribution in [0.3, 0.4) is 0 Å². The summed E-state index contributed by atoms with van der Waals surface area (Å²) in [5.41, 5.74) is -0.679. The second-order valence-corrected chi connectivity index (χ2v) is 5.47. The van der Waals surface area contributed by atoms with Crippen molar-refractivity contribution in [2.75, 3.05) is 37.0 Å². The van der Waals surface area contributed by atoms with E-state index in [1.54, 1.807) is 7.11 Å². The van der Waals surface area contributed by atoms with Crippen molar-refractivity contribution in [2.45, 2.75) is 32.7 Å². The minimum absolute atomic E-state index is 0.0162. The second-order valence-electron chi connectivity index (χ2n) is 5.47. The lowest BCUT2D eigenvalue weighted by Crippen LogP contribution is -2.62. The number of methoxy groups -OCH3 is 1. The third-order valence-corrected chi connectivity index (χ3v) is 3.64. The predicted octanol–water partition coefficient (Wildman–Crippen LogP) is 1.02. The van der Waals surface area contributed by atoms with Crippen LogP contribution < -0.4 is 20.3 Å². The van der Waals surface area contributed by atoms with Crippen molar-refractivity contribution in [1.29, 1.82) is 0 Å². The van der Waals surface area contributed by atoms with E-state index in [2.05, 4.69) is 27.5 Å². The fraction of sp³-hybridized carbons (Fsp3) is 0.643. The quantitative estimate of drug-likeness (QED) is 0.844. The number of aromatic nitrogens is 2. The number of anilines is 2. The minimum atomic E-state index is -0.679. The Morgan fingerprint density at radius 2 is 2.24 bits per heavy atom. The molecule has 116 valence electrons. The molecule has 0 atom stereocenters. The fourth-order valence-corrected chi connectivity index (χ4v) is 2.38. The standard InChI is InChI=1S/C14H23N5O2/c1-5-6-15-11-10(21-4)12(18-9-17-11)19-8-7-16-13(20)14(19,2)3/h9H,5-8H2,1-4H3,(H,16,20)(H,15,17,18). The van der Waals surface area contributed by atoms with Crippen molar-refractivity contribution < 1.29 is 9.53 Å². The molecular weight excluding hydrogens is 270 g/mol. The Hall–Kier alpha value is -2.05. The largest absolute Gasteiger partial charge is 0.490 e. The van der Waals surface area contributed by atoms with Gasteiger partial charge in [0.2, 0.25) is 11.7 Å². The summed E-state index contributed by atoms with van der Waals surface area (Å²) in [5.74, 6) is 1.86. The van der Waals surface area contributed by atoms with Crippen LogP contribution in [0.25, 0.3) is 0 Å². The van der Waals surface area contributed by atoms with Crippen LogP contribution in [0.2, 0.25) is 0 Å². The highest BCUT2D eigenvalue weighted by Crippen LogP contribution is 2.36. The summed E-state index contributed by atoms with van der Waals surface area (Å²) in [4.78, 5) is 22.6. The van der Waals surface area contributed by atoms with E-state index < -0.39 is 5.54 Å². The Labute approximate surface area is 125 Å². The van der Waals surface area contributed by atoms with Crippen molar-refractivity contribution in [2.24, 2.45) is 0 Å². The van der Waals surface area contributed by atoms with Crippen molar-refractivity contribution in [3.63, 3.8) is 0 Å². The van der Waals surface area contributed by atoms with Gasteiger partial charge in [-0.25, -0.2) is 9.97 Å². The van der Waals surface area contributed by atoms with Crippen LogP contribution in [0.1, 0.15) is 27.2 Å². The van der Waals surface area contributed by atoms with Crippen LogP contribution in [0.15, 0.2) is 6.33 Å². The third-order valence-electron chi connectivity index (χ3n) is 3.64. The molecule has 0 saturated carbocycles. The number of carbonyl (C=O) groups is 1. The molecule has 1 saturated heterocycles. The second kappa shape index (κ2) is 6.15. The molecule has 0 aromatic carbocycles. The Bertz CT molecular complexity index is 518. The molecule has 2 heterocycles. The smallest absolute Gasteiger partial charge is 0.245 e. The molecule has 21 heavy (non-hydrogen) atoms. The zero-order valence-corrected chi connectivity index (χ0v) is 13.1. The molecule has 0 bridgehead atoms. The van der Waals surface area contributed by atoms with Gasteiger partial charge in [-0.05, 0) is 20.3 Å². The Morgan fingerprint density at radius 3 is 2.90 bits per heavy atom. The highest BCUT2D eigenvalue weighted by molar-refractivity contribution is 5.90. The summed E-state index contributed by atoms with van der Waals surface area (Å²) in [6.07, 6.45) is 2.48. The molecule has 1 amide bonds. The number of amides is 1.